The molecule has 0 aliphatic rings. The van der Waals surface area contributed by atoms with Crippen molar-refractivity contribution in [2.24, 2.45) is 0 Å². The molecule has 0 saturated heterocycles. The summed E-state index contributed by atoms with van der Waals surface area (Å²) in [5.74, 6) is 1.20. The molecule has 4 heteroatoms. The molecule has 0 fully saturated rings. The number of aryl methyl sites for hydroxylation is 1. The second-order valence-electron chi connectivity index (χ2n) is 5.00. The molecule has 92 valence electrons. The molecule has 0 saturated carbocycles. The first-order chi connectivity index (χ1) is 7.53. The van der Waals surface area contributed by atoms with Gasteiger partial charge in [-0.15, -0.1) is 0 Å². The van der Waals surface area contributed by atoms with Crippen LogP contribution in [-0.2, 0) is 13.1 Å². The fourth-order valence-corrected chi connectivity index (χ4v) is 1.84. The fraction of sp³-hybridized carbons (Fsp3) is 0.750. The summed E-state index contributed by atoms with van der Waals surface area (Å²) in [6, 6.07) is 2.10. The van der Waals surface area contributed by atoms with Gasteiger partial charge in [0.05, 0.1) is 5.69 Å². The smallest absolute Gasteiger partial charge is 0.0522 e. The maximum atomic E-state index is 4.36. The normalized spacial score (nSPS) is 12.0. The summed E-state index contributed by atoms with van der Waals surface area (Å²) in [7, 11) is 0. The van der Waals surface area contributed by atoms with Crippen molar-refractivity contribution in [2.45, 2.75) is 45.8 Å². The third-order valence-electron chi connectivity index (χ3n) is 2.32. The van der Waals surface area contributed by atoms with Gasteiger partial charge < -0.3 is 5.32 Å². The molecule has 0 spiro atoms. The minimum atomic E-state index is 0.161. The molecule has 16 heavy (non-hydrogen) atoms. The average Bonchev–Trinajstić information content (AvgIpc) is 2.62. The zero-order chi connectivity index (χ0) is 12.0. The van der Waals surface area contributed by atoms with Gasteiger partial charge >= 0.3 is 0 Å². The lowest BCUT2D eigenvalue weighted by Crippen LogP contribution is -2.35. The van der Waals surface area contributed by atoms with Crippen molar-refractivity contribution >= 4 is 11.8 Å². The van der Waals surface area contributed by atoms with Crippen LogP contribution in [0.25, 0.3) is 0 Å². The number of aromatic nitrogens is 2. The number of thioether (sulfide) groups is 1. The molecule has 1 aromatic heterocycles. The highest BCUT2D eigenvalue weighted by Gasteiger charge is 2.10. The summed E-state index contributed by atoms with van der Waals surface area (Å²) in [6.07, 6.45) is 5.22. The minimum absolute atomic E-state index is 0.161. The molecule has 0 aliphatic heterocycles. The highest BCUT2D eigenvalue weighted by Crippen LogP contribution is 2.06. The van der Waals surface area contributed by atoms with E-state index in [1.54, 1.807) is 0 Å². The van der Waals surface area contributed by atoms with E-state index in [-0.39, 0.29) is 5.54 Å². The van der Waals surface area contributed by atoms with Crippen molar-refractivity contribution in [1.29, 1.82) is 0 Å². The number of nitrogens with zero attached hydrogens (tertiary/aromatic N) is 2. The van der Waals surface area contributed by atoms with E-state index >= 15 is 0 Å². The lowest BCUT2D eigenvalue weighted by Gasteiger charge is -2.20. The van der Waals surface area contributed by atoms with Crippen molar-refractivity contribution in [3.63, 3.8) is 0 Å². The van der Waals surface area contributed by atoms with Gasteiger partial charge in [0.25, 0.3) is 0 Å². The van der Waals surface area contributed by atoms with Crippen LogP contribution >= 0.6 is 11.8 Å². The van der Waals surface area contributed by atoms with Crippen molar-refractivity contribution in [2.75, 3.05) is 12.0 Å². The molecule has 1 aromatic rings. The van der Waals surface area contributed by atoms with Crippen LogP contribution in [-0.4, -0.2) is 27.3 Å². The van der Waals surface area contributed by atoms with Crippen molar-refractivity contribution in [3.8, 4) is 0 Å². The predicted octanol–water partition coefficient (Wildman–Crippen LogP) is 2.52. The zero-order valence-corrected chi connectivity index (χ0v) is 11.6. The Morgan fingerprint density at radius 2 is 2.19 bits per heavy atom. The Morgan fingerprint density at radius 3 is 2.81 bits per heavy atom. The molecule has 0 radical (unpaired) electrons. The van der Waals surface area contributed by atoms with Gasteiger partial charge in [-0.25, -0.2) is 0 Å². The molecular formula is C12H23N3S. The quantitative estimate of drug-likeness (QED) is 0.776. The van der Waals surface area contributed by atoms with Gasteiger partial charge in [0, 0.05) is 24.8 Å². The van der Waals surface area contributed by atoms with E-state index in [9.17, 15) is 0 Å². The van der Waals surface area contributed by atoms with E-state index < -0.39 is 0 Å². The first-order valence-electron chi connectivity index (χ1n) is 5.77. The van der Waals surface area contributed by atoms with Crippen LogP contribution in [0.5, 0.6) is 0 Å². The molecule has 0 unspecified atom stereocenters. The number of nitrogens with one attached hydrogen (secondary N) is 1. The molecule has 0 aliphatic carbocycles. The summed E-state index contributed by atoms with van der Waals surface area (Å²) in [6.45, 7) is 8.46. The van der Waals surface area contributed by atoms with Gasteiger partial charge in [-0.3, -0.25) is 4.68 Å². The van der Waals surface area contributed by atoms with Crippen LogP contribution in [0.1, 0.15) is 32.9 Å². The highest BCUT2D eigenvalue weighted by molar-refractivity contribution is 7.98. The first-order valence-corrected chi connectivity index (χ1v) is 7.17. The standard InChI is InChI=1S/C12H23N3S/c1-12(2,3)13-10-11-6-7-14-15(11)8-5-9-16-4/h6-7,13H,5,8-10H2,1-4H3. The Morgan fingerprint density at radius 1 is 1.44 bits per heavy atom. The summed E-state index contributed by atoms with van der Waals surface area (Å²) in [4.78, 5) is 0. The molecular weight excluding hydrogens is 218 g/mol. The van der Waals surface area contributed by atoms with E-state index in [2.05, 4.69) is 48.2 Å². The Bertz CT molecular complexity index is 301. The predicted molar refractivity (Wildman–Crippen MR) is 71.8 cm³/mol. The molecule has 1 heterocycles. The minimum Gasteiger partial charge on any atom is -0.306 e. The molecule has 0 atom stereocenters. The van der Waals surface area contributed by atoms with Crippen molar-refractivity contribution in [3.05, 3.63) is 18.0 Å². The molecule has 3 nitrogen and oxygen atoms in total. The molecule has 1 rings (SSSR count). The van der Waals surface area contributed by atoms with Crippen LogP contribution in [0, 0.1) is 0 Å². The summed E-state index contributed by atoms with van der Waals surface area (Å²) >= 11 is 1.89. The van der Waals surface area contributed by atoms with E-state index in [0.717, 1.165) is 13.1 Å². The van der Waals surface area contributed by atoms with Gasteiger partial charge in [-0.1, -0.05) is 0 Å². The maximum Gasteiger partial charge on any atom is 0.0522 e. The average molecular weight is 241 g/mol. The Balaban J connectivity index is 2.44. The lowest BCUT2D eigenvalue weighted by atomic mass is 10.1. The second-order valence-corrected chi connectivity index (χ2v) is 5.98. The van der Waals surface area contributed by atoms with Crippen LogP contribution < -0.4 is 5.32 Å². The SMILES string of the molecule is CSCCCn1nccc1CNC(C)(C)C. The summed E-state index contributed by atoms with van der Waals surface area (Å²) < 4.78 is 2.11. The highest BCUT2D eigenvalue weighted by atomic mass is 32.2. The number of rotatable bonds is 6. The monoisotopic (exact) mass is 241 g/mol. The van der Waals surface area contributed by atoms with Crippen LogP contribution in [0.3, 0.4) is 0 Å². The topological polar surface area (TPSA) is 29.9 Å². The van der Waals surface area contributed by atoms with E-state index in [0.29, 0.717) is 0 Å². The summed E-state index contributed by atoms with van der Waals surface area (Å²) in [5, 5.41) is 7.85. The zero-order valence-electron chi connectivity index (χ0n) is 10.8. The van der Waals surface area contributed by atoms with E-state index in [4.69, 9.17) is 0 Å². The Labute approximate surface area is 103 Å². The van der Waals surface area contributed by atoms with Crippen molar-refractivity contribution in [1.82, 2.24) is 15.1 Å². The third-order valence-corrected chi connectivity index (χ3v) is 3.02. The molecule has 0 amide bonds. The molecule has 0 bridgehead atoms. The van der Waals surface area contributed by atoms with Crippen LogP contribution in [0.2, 0.25) is 0 Å². The van der Waals surface area contributed by atoms with Crippen molar-refractivity contribution < 1.29 is 0 Å². The number of hydrogen-bond acceptors (Lipinski definition) is 3. The van der Waals surface area contributed by atoms with Crippen LogP contribution in [0.15, 0.2) is 12.3 Å². The lowest BCUT2D eigenvalue weighted by molar-refractivity contribution is 0.411. The van der Waals surface area contributed by atoms with Gasteiger partial charge in [0.15, 0.2) is 0 Å². The first kappa shape index (κ1) is 13.6. The van der Waals surface area contributed by atoms with Gasteiger partial charge in [-0.2, -0.15) is 16.9 Å². The number of hydrogen-bond donors (Lipinski definition) is 1. The van der Waals surface area contributed by atoms with Gasteiger partial charge in [0.1, 0.15) is 0 Å². The van der Waals surface area contributed by atoms with Gasteiger partial charge in [-0.05, 0) is 45.3 Å². The van der Waals surface area contributed by atoms with E-state index in [1.165, 1.54) is 17.9 Å². The molecule has 1 N–H and O–H groups in total. The van der Waals surface area contributed by atoms with Crippen LogP contribution in [0.4, 0.5) is 0 Å². The fourth-order valence-electron chi connectivity index (χ4n) is 1.43. The van der Waals surface area contributed by atoms with E-state index in [1.807, 2.05) is 18.0 Å². The molecule has 0 aromatic carbocycles. The summed E-state index contributed by atoms with van der Waals surface area (Å²) in [5.41, 5.74) is 1.44. The third kappa shape index (κ3) is 5.03. The Kier molecular flexibility index (Phi) is 5.35. The Hall–Kier alpha value is -0.480. The largest absolute Gasteiger partial charge is 0.306 e. The van der Waals surface area contributed by atoms with Gasteiger partial charge in [0.2, 0.25) is 0 Å². The second kappa shape index (κ2) is 6.30. The maximum absolute atomic E-state index is 4.36.